The lowest BCUT2D eigenvalue weighted by molar-refractivity contribution is -0.142. The summed E-state index contributed by atoms with van der Waals surface area (Å²) in [6.45, 7) is 0.569. The summed E-state index contributed by atoms with van der Waals surface area (Å²) in [5, 5.41) is 12.0. The van der Waals surface area contributed by atoms with Gasteiger partial charge in [0.05, 0.1) is 12.2 Å². The van der Waals surface area contributed by atoms with Crippen molar-refractivity contribution in [3.63, 3.8) is 0 Å². The molecule has 0 radical (unpaired) electrons. The second-order valence-electron chi connectivity index (χ2n) is 6.26. The Bertz CT molecular complexity index is 820. The number of para-hydroxylation sites is 1. The summed E-state index contributed by atoms with van der Waals surface area (Å²) in [6, 6.07) is 15.1. The first-order valence-electron chi connectivity index (χ1n) is 8.52. The molecule has 6 heteroatoms. The van der Waals surface area contributed by atoms with E-state index in [1.54, 1.807) is 53.4 Å². The highest BCUT2D eigenvalue weighted by molar-refractivity contribution is 6.13. The number of rotatable bonds is 6. The summed E-state index contributed by atoms with van der Waals surface area (Å²) < 4.78 is 0. The van der Waals surface area contributed by atoms with Crippen molar-refractivity contribution in [3.05, 3.63) is 65.7 Å². The number of benzene rings is 2. The lowest BCUT2D eigenvalue weighted by atomic mass is 10.0. The van der Waals surface area contributed by atoms with Crippen LogP contribution >= 0.6 is 0 Å². The summed E-state index contributed by atoms with van der Waals surface area (Å²) in [7, 11) is 0. The molecule has 0 unspecified atom stereocenters. The molecule has 1 saturated heterocycles. The molecular weight excluding hydrogens is 332 g/mol. The number of anilines is 1. The molecule has 26 heavy (non-hydrogen) atoms. The molecule has 134 valence electrons. The van der Waals surface area contributed by atoms with Crippen molar-refractivity contribution < 1.29 is 19.5 Å². The Kier molecular flexibility index (Phi) is 5.43. The first-order valence-corrected chi connectivity index (χ1v) is 8.52. The number of nitrogens with zero attached hydrogens (tertiary/aromatic N) is 1. The van der Waals surface area contributed by atoms with Crippen molar-refractivity contribution in [2.75, 3.05) is 18.4 Å². The summed E-state index contributed by atoms with van der Waals surface area (Å²) in [6.07, 6.45) is 1.30. The second-order valence-corrected chi connectivity index (χ2v) is 6.26. The van der Waals surface area contributed by atoms with Crippen LogP contribution in [-0.4, -0.2) is 46.8 Å². The number of likely N-dealkylation sites (tertiary alicyclic amines) is 1. The van der Waals surface area contributed by atoms with E-state index in [1.807, 2.05) is 6.07 Å². The minimum Gasteiger partial charge on any atom is -0.480 e. The third kappa shape index (κ3) is 3.97. The van der Waals surface area contributed by atoms with Gasteiger partial charge < -0.3 is 10.4 Å². The van der Waals surface area contributed by atoms with Gasteiger partial charge >= 0.3 is 5.97 Å². The number of ketones is 1. The van der Waals surface area contributed by atoms with E-state index in [-0.39, 0.29) is 18.2 Å². The molecule has 0 bridgehead atoms. The molecule has 3 rings (SSSR count). The molecular formula is C20H20N2O4. The van der Waals surface area contributed by atoms with E-state index in [0.29, 0.717) is 29.8 Å². The van der Waals surface area contributed by atoms with Crippen LogP contribution in [0.1, 0.15) is 28.8 Å². The highest BCUT2D eigenvalue weighted by Gasteiger charge is 2.31. The number of hydrogen-bond acceptors (Lipinski definition) is 4. The fraction of sp³-hybridized carbons (Fsp3) is 0.250. The molecule has 2 N–H and O–H groups in total. The minimum atomic E-state index is -0.907. The molecule has 6 nitrogen and oxygen atoms in total. The Morgan fingerprint density at radius 1 is 1.04 bits per heavy atom. The van der Waals surface area contributed by atoms with E-state index in [2.05, 4.69) is 5.32 Å². The molecule has 2 aromatic carbocycles. The van der Waals surface area contributed by atoms with Crippen molar-refractivity contribution in [1.82, 2.24) is 4.90 Å². The molecule has 0 spiro atoms. The summed E-state index contributed by atoms with van der Waals surface area (Å²) in [4.78, 5) is 38.0. The summed E-state index contributed by atoms with van der Waals surface area (Å²) in [5.41, 5.74) is 1.38. The zero-order chi connectivity index (χ0) is 18.5. The van der Waals surface area contributed by atoms with Gasteiger partial charge in [-0.15, -0.1) is 0 Å². The zero-order valence-corrected chi connectivity index (χ0v) is 14.2. The number of nitrogens with one attached hydrogen (secondary N) is 1. The number of amides is 1. The summed E-state index contributed by atoms with van der Waals surface area (Å²) >= 11 is 0. The molecule has 1 atom stereocenters. The monoisotopic (exact) mass is 352 g/mol. The fourth-order valence-electron chi connectivity index (χ4n) is 3.20. The average Bonchev–Trinajstić information content (AvgIpc) is 3.10. The number of carboxylic acid groups (broad SMARTS) is 1. The van der Waals surface area contributed by atoms with E-state index in [1.165, 1.54) is 0 Å². The molecule has 0 aromatic heterocycles. The zero-order valence-electron chi connectivity index (χ0n) is 14.2. The van der Waals surface area contributed by atoms with Crippen LogP contribution in [0.25, 0.3) is 0 Å². The van der Waals surface area contributed by atoms with Crippen LogP contribution in [0.15, 0.2) is 54.6 Å². The maximum Gasteiger partial charge on any atom is 0.320 e. The van der Waals surface area contributed by atoms with Gasteiger partial charge in [-0.2, -0.15) is 0 Å². The predicted molar refractivity (Wildman–Crippen MR) is 97.2 cm³/mol. The van der Waals surface area contributed by atoms with Gasteiger partial charge in [-0.1, -0.05) is 42.5 Å². The fourth-order valence-corrected chi connectivity index (χ4v) is 3.20. The highest BCUT2D eigenvalue weighted by Crippen LogP contribution is 2.21. The van der Waals surface area contributed by atoms with Crippen LogP contribution in [0, 0.1) is 0 Å². The van der Waals surface area contributed by atoms with E-state index >= 15 is 0 Å². The largest absolute Gasteiger partial charge is 0.480 e. The Balaban J connectivity index is 1.73. The molecule has 0 saturated carbocycles. The third-order valence-electron chi connectivity index (χ3n) is 4.48. The minimum absolute atomic E-state index is 0.00910. The Morgan fingerprint density at radius 2 is 1.73 bits per heavy atom. The first kappa shape index (κ1) is 17.8. The molecule has 1 heterocycles. The van der Waals surface area contributed by atoms with Gasteiger partial charge in [0.25, 0.3) is 0 Å². The van der Waals surface area contributed by atoms with E-state index in [0.717, 1.165) is 6.42 Å². The lowest BCUT2D eigenvalue weighted by Gasteiger charge is -2.20. The van der Waals surface area contributed by atoms with Crippen molar-refractivity contribution in [2.45, 2.75) is 18.9 Å². The number of hydrogen-bond donors (Lipinski definition) is 2. The van der Waals surface area contributed by atoms with Gasteiger partial charge in [0, 0.05) is 11.1 Å². The first-order chi connectivity index (χ1) is 12.6. The number of aliphatic carboxylic acids is 1. The average molecular weight is 352 g/mol. The SMILES string of the molecule is O=C(CN1CCC[C@H]1C(=O)O)Nc1ccccc1C(=O)c1ccccc1. The molecule has 0 aliphatic carbocycles. The van der Waals surface area contributed by atoms with Crippen LogP contribution in [0.4, 0.5) is 5.69 Å². The lowest BCUT2D eigenvalue weighted by Crippen LogP contribution is -2.41. The van der Waals surface area contributed by atoms with Gasteiger partial charge in [0.15, 0.2) is 5.78 Å². The van der Waals surface area contributed by atoms with Gasteiger partial charge in [-0.05, 0) is 31.5 Å². The molecule has 1 aliphatic heterocycles. The second kappa shape index (κ2) is 7.93. The van der Waals surface area contributed by atoms with E-state index < -0.39 is 12.0 Å². The number of carboxylic acids is 1. The van der Waals surface area contributed by atoms with Crippen molar-refractivity contribution in [2.24, 2.45) is 0 Å². The van der Waals surface area contributed by atoms with Gasteiger partial charge in [-0.25, -0.2) is 0 Å². The molecule has 1 amide bonds. The van der Waals surface area contributed by atoms with Crippen molar-refractivity contribution >= 4 is 23.3 Å². The van der Waals surface area contributed by atoms with Crippen LogP contribution in [0.3, 0.4) is 0 Å². The molecule has 2 aromatic rings. The Morgan fingerprint density at radius 3 is 2.46 bits per heavy atom. The summed E-state index contributed by atoms with van der Waals surface area (Å²) in [5.74, 6) is -1.41. The molecule has 1 aliphatic rings. The smallest absolute Gasteiger partial charge is 0.320 e. The van der Waals surface area contributed by atoms with Crippen LogP contribution in [0.2, 0.25) is 0 Å². The predicted octanol–water partition coefficient (Wildman–Crippen LogP) is 2.41. The third-order valence-corrected chi connectivity index (χ3v) is 4.48. The van der Waals surface area contributed by atoms with Gasteiger partial charge in [0.1, 0.15) is 6.04 Å². The Labute approximate surface area is 151 Å². The van der Waals surface area contributed by atoms with Crippen molar-refractivity contribution in [1.29, 1.82) is 0 Å². The standard InChI is InChI=1S/C20H20N2O4/c23-18(13-22-12-6-11-17(22)20(25)26)21-16-10-5-4-9-15(16)19(24)14-7-2-1-3-8-14/h1-5,7-10,17H,6,11-13H2,(H,21,23)(H,25,26)/t17-/m0/s1. The maximum atomic E-state index is 12.7. The van der Waals surface area contributed by atoms with Gasteiger partial charge in [-0.3, -0.25) is 19.3 Å². The van der Waals surface area contributed by atoms with E-state index in [4.69, 9.17) is 0 Å². The van der Waals surface area contributed by atoms with Crippen LogP contribution in [-0.2, 0) is 9.59 Å². The van der Waals surface area contributed by atoms with Gasteiger partial charge in [0.2, 0.25) is 5.91 Å². The van der Waals surface area contributed by atoms with E-state index in [9.17, 15) is 19.5 Å². The normalized spacial score (nSPS) is 17.0. The maximum absolute atomic E-state index is 12.7. The topological polar surface area (TPSA) is 86.7 Å². The van der Waals surface area contributed by atoms with Crippen LogP contribution < -0.4 is 5.32 Å². The highest BCUT2D eigenvalue weighted by atomic mass is 16.4. The number of carbonyl (C=O) groups excluding carboxylic acids is 2. The Hall–Kier alpha value is -2.99. The number of carbonyl (C=O) groups is 3. The molecule has 1 fully saturated rings. The quantitative estimate of drug-likeness (QED) is 0.780. The van der Waals surface area contributed by atoms with Crippen molar-refractivity contribution in [3.8, 4) is 0 Å². The van der Waals surface area contributed by atoms with Crippen LogP contribution in [0.5, 0.6) is 0 Å².